The molecule has 162 valence electrons. The van der Waals surface area contributed by atoms with E-state index in [-0.39, 0.29) is 12.5 Å². The Hall–Kier alpha value is -3.09. The number of nitrogens with one attached hydrogen (secondary N) is 2. The maximum Gasteiger partial charge on any atom is 0.260 e. The topological polar surface area (TPSA) is 78.8 Å². The van der Waals surface area contributed by atoms with Crippen molar-refractivity contribution >= 4 is 23.2 Å². The first-order chi connectivity index (χ1) is 15.1. The first-order valence-corrected chi connectivity index (χ1v) is 11.2. The first kappa shape index (κ1) is 19.8. The summed E-state index contributed by atoms with van der Waals surface area (Å²) in [4.78, 5) is 24.4. The fraction of sp³-hybridized carbons (Fsp3) is 0.458. The number of rotatable bonds is 4. The monoisotopic (exact) mass is 419 g/mol. The van der Waals surface area contributed by atoms with Gasteiger partial charge in [0.15, 0.2) is 12.4 Å². The third-order valence-corrected chi connectivity index (χ3v) is 6.57. The molecule has 0 bridgehead atoms. The van der Waals surface area contributed by atoms with Crippen molar-refractivity contribution in [2.75, 3.05) is 30.3 Å². The highest BCUT2D eigenvalue weighted by Gasteiger charge is 2.47. The summed E-state index contributed by atoms with van der Waals surface area (Å²) in [5, 5.41) is 7.16. The van der Waals surface area contributed by atoms with Gasteiger partial charge in [0.05, 0.1) is 18.3 Å². The van der Waals surface area contributed by atoms with Gasteiger partial charge in [0.2, 0.25) is 0 Å². The molecule has 7 heteroatoms. The van der Waals surface area contributed by atoms with Crippen LogP contribution in [0, 0.1) is 6.92 Å². The molecular weight excluding hydrogens is 390 g/mol. The maximum absolute atomic E-state index is 13.0. The van der Waals surface area contributed by atoms with Crippen molar-refractivity contribution in [2.45, 2.75) is 50.6 Å². The smallest absolute Gasteiger partial charge is 0.260 e. The summed E-state index contributed by atoms with van der Waals surface area (Å²) in [6.07, 6.45) is 7.31. The average molecular weight is 420 g/mol. The number of aryl methyl sites for hydroxylation is 1. The molecule has 2 N–H and O–H groups in total. The van der Waals surface area contributed by atoms with Crippen LogP contribution in [0.2, 0.25) is 0 Å². The van der Waals surface area contributed by atoms with E-state index in [1.807, 2.05) is 48.2 Å². The van der Waals surface area contributed by atoms with Gasteiger partial charge in [0.25, 0.3) is 5.91 Å². The minimum absolute atomic E-state index is 0.000807. The van der Waals surface area contributed by atoms with Crippen LogP contribution in [-0.4, -0.2) is 52.9 Å². The van der Waals surface area contributed by atoms with Gasteiger partial charge in [-0.05, 0) is 49.9 Å². The third kappa shape index (κ3) is 3.96. The number of ether oxygens (including phenoxy) is 1. The van der Waals surface area contributed by atoms with E-state index >= 15 is 0 Å². The minimum Gasteiger partial charge on any atom is -0.484 e. The Morgan fingerprint density at radius 3 is 2.94 bits per heavy atom. The third-order valence-electron chi connectivity index (χ3n) is 6.57. The molecule has 1 aliphatic carbocycles. The van der Waals surface area contributed by atoms with Crippen LogP contribution >= 0.6 is 0 Å². The number of pyridine rings is 1. The molecule has 31 heavy (non-hydrogen) atoms. The summed E-state index contributed by atoms with van der Waals surface area (Å²) < 4.78 is 5.81. The lowest BCUT2D eigenvalue weighted by atomic mass is 9.93. The van der Waals surface area contributed by atoms with Crippen molar-refractivity contribution in [1.82, 2.24) is 9.88 Å². The molecule has 2 aliphatic heterocycles. The van der Waals surface area contributed by atoms with Crippen LogP contribution in [0.5, 0.6) is 5.75 Å². The Morgan fingerprint density at radius 2 is 2.10 bits per heavy atom. The predicted octanol–water partition coefficient (Wildman–Crippen LogP) is 3.62. The second-order valence-electron chi connectivity index (χ2n) is 8.77. The van der Waals surface area contributed by atoms with Crippen molar-refractivity contribution in [3.8, 4) is 5.75 Å². The molecule has 2 aromatic rings. The summed E-state index contributed by atoms with van der Waals surface area (Å²) >= 11 is 0. The lowest BCUT2D eigenvalue weighted by Gasteiger charge is -2.38. The van der Waals surface area contributed by atoms with E-state index in [4.69, 9.17) is 9.73 Å². The molecule has 1 aromatic carbocycles. The number of benzene rings is 1. The summed E-state index contributed by atoms with van der Waals surface area (Å²) in [6, 6.07) is 12.1. The molecular formula is C24H29N5O2. The molecule has 3 heterocycles. The number of aromatic nitrogens is 1. The largest absolute Gasteiger partial charge is 0.484 e. The van der Waals surface area contributed by atoms with Gasteiger partial charge >= 0.3 is 0 Å². The van der Waals surface area contributed by atoms with Gasteiger partial charge in [-0.2, -0.15) is 0 Å². The number of likely N-dealkylation sites (tertiary alicyclic amines) is 1. The van der Waals surface area contributed by atoms with Crippen LogP contribution in [0.1, 0.15) is 37.7 Å². The summed E-state index contributed by atoms with van der Waals surface area (Å²) in [5.41, 5.74) is 1.58. The van der Waals surface area contributed by atoms with Crippen molar-refractivity contribution in [3.05, 3.63) is 48.2 Å². The van der Waals surface area contributed by atoms with E-state index in [1.54, 1.807) is 6.20 Å². The van der Waals surface area contributed by atoms with Gasteiger partial charge in [-0.1, -0.05) is 31.0 Å². The fourth-order valence-electron chi connectivity index (χ4n) is 4.79. The Kier molecular flexibility index (Phi) is 5.26. The Morgan fingerprint density at radius 1 is 1.26 bits per heavy atom. The molecule has 1 aromatic heterocycles. The van der Waals surface area contributed by atoms with E-state index in [2.05, 4.69) is 15.6 Å². The van der Waals surface area contributed by atoms with Crippen LogP contribution in [0.25, 0.3) is 0 Å². The predicted molar refractivity (Wildman–Crippen MR) is 122 cm³/mol. The summed E-state index contributed by atoms with van der Waals surface area (Å²) in [7, 11) is 0. The number of anilines is 2. The Balaban J connectivity index is 1.34. The number of nitrogens with zero attached hydrogens (tertiary/aromatic N) is 3. The number of hydrogen-bond acceptors (Lipinski definition) is 5. The normalized spacial score (nSPS) is 24.2. The summed E-state index contributed by atoms with van der Waals surface area (Å²) in [5.74, 6) is 2.48. The van der Waals surface area contributed by atoms with Gasteiger partial charge in [-0.15, -0.1) is 0 Å². The SMILES string of the molecule is Cc1ccccc1OCC(=O)N1CC[C@@]2(C1)Nc1cccnc1NC2=NC1CCCC1. The first-order valence-electron chi connectivity index (χ1n) is 11.2. The van der Waals surface area contributed by atoms with Crippen LogP contribution < -0.4 is 15.4 Å². The van der Waals surface area contributed by atoms with Crippen molar-refractivity contribution in [1.29, 1.82) is 0 Å². The lowest BCUT2D eigenvalue weighted by molar-refractivity contribution is -0.132. The average Bonchev–Trinajstić information content (AvgIpc) is 3.44. The van der Waals surface area contributed by atoms with Gasteiger partial charge in [-0.25, -0.2) is 4.98 Å². The molecule has 1 spiro atoms. The maximum atomic E-state index is 13.0. The Bertz CT molecular complexity index is 1000. The van der Waals surface area contributed by atoms with Crippen LogP contribution in [-0.2, 0) is 4.79 Å². The summed E-state index contributed by atoms with van der Waals surface area (Å²) in [6.45, 7) is 3.26. The van der Waals surface area contributed by atoms with Gasteiger partial charge < -0.3 is 20.3 Å². The molecule has 0 unspecified atom stereocenters. The quantitative estimate of drug-likeness (QED) is 0.791. The fourth-order valence-corrected chi connectivity index (χ4v) is 4.79. The number of fused-ring (bicyclic) bond motifs is 1. The van der Waals surface area contributed by atoms with E-state index in [1.165, 1.54) is 12.8 Å². The standard InChI is InChI=1S/C24H29N5O2/c1-17-7-2-5-11-20(17)31-15-21(30)29-14-12-24(16-29)23(26-18-8-3-4-9-18)27-22-19(28-24)10-6-13-25-22/h2,5-7,10-11,13,18,28H,3-4,8-9,12,14-16H2,1H3,(H,25,26,27)/t24-/m0/s1. The number of carbonyl (C=O) groups is 1. The van der Waals surface area contributed by atoms with E-state index < -0.39 is 5.54 Å². The number of amidine groups is 1. The number of hydrogen-bond donors (Lipinski definition) is 2. The lowest BCUT2D eigenvalue weighted by Crippen LogP contribution is -2.55. The number of carbonyl (C=O) groups excluding carboxylic acids is 1. The molecule has 5 rings (SSSR count). The zero-order chi connectivity index (χ0) is 21.3. The number of para-hydroxylation sites is 1. The van der Waals surface area contributed by atoms with Crippen molar-refractivity contribution in [3.63, 3.8) is 0 Å². The molecule has 1 atom stereocenters. The van der Waals surface area contributed by atoms with Crippen LogP contribution in [0.4, 0.5) is 11.5 Å². The van der Waals surface area contributed by atoms with Gasteiger partial charge in [0.1, 0.15) is 17.1 Å². The molecule has 2 fully saturated rings. The van der Waals surface area contributed by atoms with E-state index in [0.717, 1.165) is 47.9 Å². The molecule has 1 saturated heterocycles. The number of aliphatic imine (C=N–C) groups is 1. The number of amides is 1. The van der Waals surface area contributed by atoms with E-state index in [9.17, 15) is 4.79 Å². The highest BCUT2D eigenvalue weighted by atomic mass is 16.5. The second kappa shape index (κ2) is 8.21. The molecule has 7 nitrogen and oxygen atoms in total. The molecule has 1 saturated carbocycles. The molecule has 3 aliphatic rings. The second-order valence-corrected chi connectivity index (χ2v) is 8.77. The zero-order valence-electron chi connectivity index (χ0n) is 17.9. The van der Waals surface area contributed by atoms with Crippen molar-refractivity contribution in [2.24, 2.45) is 4.99 Å². The van der Waals surface area contributed by atoms with Crippen LogP contribution in [0.3, 0.4) is 0 Å². The van der Waals surface area contributed by atoms with Gasteiger partial charge in [-0.3, -0.25) is 9.79 Å². The highest BCUT2D eigenvalue weighted by molar-refractivity contribution is 6.09. The highest BCUT2D eigenvalue weighted by Crippen LogP contribution is 2.36. The zero-order valence-corrected chi connectivity index (χ0v) is 17.9. The van der Waals surface area contributed by atoms with E-state index in [0.29, 0.717) is 19.1 Å². The Labute approximate surface area is 182 Å². The van der Waals surface area contributed by atoms with Gasteiger partial charge in [0, 0.05) is 12.7 Å². The molecule has 1 amide bonds. The minimum atomic E-state index is -0.406. The van der Waals surface area contributed by atoms with Crippen molar-refractivity contribution < 1.29 is 9.53 Å². The van der Waals surface area contributed by atoms with Crippen LogP contribution in [0.15, 0.2) is 47.6 Å². The molecule has 0 radical (unpaired) electrons.